The second-order valence-corrected chi connectivity index (χ2v) is 12.1. The maximum atomic E-state index is 15.3. The van der Waals surface area contributed by atoms with Gasteiger partial charge in [0.25, 0.3) is 0 Å². The number of hydrogen-bond acceptors (Lipinski definition) is 6. The van der Waals surface area contributed by atoms with Crippen LogP contribution in [0.1, 0.15) is 31.1 Å². The Bertz CT molecular complexity index is 1460. The highest BCUT2D eigenvalue weighted by Gasteiger charge is 2.57. The van der Waals surface area contributed by atoms with Gasteiger partial charge in [-0.1, -0.05) is 12.1 Å². The fourth-order valence-corrected chi connectivity index (χ4v) is 6.59. The molecule has 5 rings (SSSR count). The van der Waals surface area contributed by atoms with Crippen LogP contribution in [0.25, 0.3) is 0 Å². The van der Waals surface area contributed by atoms with Crippen LogP contribution in [0.15, 0.2) is 58.0 Å². The highest BCUT2D eigenvalue weighted by Crippen LogP contribution is 2.46. The summed E-state index contributed by atoms with van der Waals surface area (Å²) in [7, 11) is 7.33. The summed E-state index contributed by atoms with van der Waals surface area (Å²) in [5.41, 5.74) is -0.376. The first kappa shape index (κ1) is 29.1. The number of benzene rings is 2. The van der Waals surface area contributed by atoms with Crippen LogP contribution in [-0.4, -0.2) is 60.9 Å². The van der Waals surface area contributed by atoms with E-state index >= 15 is 4.39 Å². The highest BCUT2D eigenvalue weighted by atomic mass is 35.5. The fourth-order valence-electron chi connectivity index (χ4n) is 5.54. The van der Waals surface area contributed by atoms with Crippen LogP contribution in [0.2, 0.25) is 5.22 Å². The minimum absolute atomic E-state index is 0.0145. The lowest BCUT2D eigenvalue weighted by Gasteiger charge is -2.38. The van der Waals surface area contributed by atoms with E-state index in [4.69, 9.17) is 25.9 Å². The number of rotatable bonds is 6. The van der Waals surface area contributed by atoms with Gasteiger partial charge < -0.3 is 19.4 Å². The Morgan fingerprint density at radius 2 is 1.95 bits per heavy atom. The van der Waals surface area contributed by atoms with Crippen LogP contribution in [-0.2, 0) is 9.53 Å². The van der Waals surface area contributed by atoms with Gasteiger partial charge in [-0.3, -0.25) is 4.79 Å². The SMILES string of the molecule is CC1CN(C)CC(CNC(=O)C2(C)C(c3ccc(Cl)o3)C(c3ccc(P)cc3P)=NN2c2ccc(F)cc2F)O1. The van der Waals surface area contributed by atoms with E-state index < -0.39 is 29.0 Å². The van der Waals surface area contributed by atoms with Crippen molar-refractivity contribution in [1.29, 1.82) is 0 Å². The van der Waals surface area contributed by atoms with Gasteiger partial charge in [0.2, 0.25) is 5.91 Å². The molecular weight excluding hydrogens is 576 g/mol. The maximum absolute atomic E-state index is 15.3. The van der Waals surface area contributed by atoms with Gasteiger partial charge in [-0.25, -0.2) is 13.8 Å². The number of ether oxygens (including phenoxy) is 1. The quantitative estimate of drug-likeness (QED) is 0.432. The summed E-state index contributed by atoms with van der Waals surface area (Å²) in [4.78, 5) is 16.4. The van der Waals surface area contributed by atoms with E-state index in [1.807, 2.05) is 32.2 Å². The standard InChI is InChI=1S/C28H31ClF2N4O3P2/c1-15-13-34(3)14-17(37-15)12-32-27(36)28(2)25(22-8-9-24(29)38-22)26(19-6-5-18(39)11-23(19)40)33-35(28)21-7-4-16(30)10-20(21)31/h4-11,15,17,25H,12-14,39-40H2,1-3H3,(H,32,36). The number of amides is 1. The van der Waals surface area contributed by atoms with Gasteiger partial charge in [-0.05, 0) is 73.4 Å². The molecule has 0 aliphatic carbocycles. The van der Waals surface area contributed by atoms with Crippen LogP contribution < -0.4 is 20.9 Å². The number of halogens is 3. The molecule has 0 spiro atoms. The first-order valence-corrected chi connectivity index (χ1v) is 14.4. The molecule has 212 valence electrons. The van der Waals surface area contributed by atoms with Gasteiger partial charge in [0.05, 0.1) is 29.5 Å². The number of anilines is 1. The third-order valence-electron chi connectivity index (χ3n) is 7.31. The monoisotopic (exact) mass is 606 g/mol. The molecule has 0 saturated carbocycles. The van der Waals surface area contributed by atoms with Crippen molar-refractivity contribution >= 4 is 58.0 Å². The Labute approximate surface area is 241 Å². The number of morpholine rings is 1. The first-order chi connectivity index (χ1) is 19.0. The summed E-state index contributed by atoms with van der Waals surface area (Å²) in [5.74, 6) is -2.43. The van der Waals surface area contributed by atoms with E-state index in [1.165, 1.54) is 11.1 Å². The van der Waals surface area contributed by atoms with Crippen molar-refractivity contribution in [1.82, 2.24) is 10.2 Å². The Hall–Kier alpha value is -2.41. The molecule has 1 aromatic heterocycles. The molecule has 0 bridgehead atoms. The minimum Gasteiger partial charge on any atom is -0.449 e. The van der Waals surface area contributed by atoms with Gasteiger partial charge in [0.1, 0.15) is 11.6 Å². The van der Waals surface area contributed by atoms with Crippen molar-refractivity contribution in [3.05, 3.63) is 76.7 Å². The molecule has 3 aromatic rings. The number of hydrogen-bond donors (Lipinski definition) is 1. The molecule has 1 amide bonds. The van der Waals surface area contributed by atoms with Crippen molar-refractivity contribution < 1.29 is 22.7 Å². The first-order valence-electron chi connectivity index (χ1n) is 12.8. The lowest BCUT2D eigenvalue weighted by molar-refractivity contribution is -0.128. The van der Waals surface area contributed by atoms with Gasteiger partial charge >= 0.3 is 0 Å². The molecule has 40 heavy (non-hydrogen) atoms. The third-order valence-corrected chi connectivity index (χ3v) is 8.35. The molecule has 1 saturated heterocycles. The lowest BCUT2D eigenvalue weighted by atomic mass is 9.78. The second kappa shape index (κ2) is 11.5. The van der Waals surface area contributed by atoms with Gasteiger partial charge in [0.15, 0.2) is 16.6 Å². The van der Waals surface area contributed by atoms with Crippen LogP contribution in [0.3, 0.4) is 0 Å². The maximum Gasteiger partial charge on any atom is 0.249 e. The smallest absolute Gasteiger partial charge is 0.249 e. The Balaban J connectivity index is 1.62. The zero-order valence-corrected chi connectivity index (χ0v) is 25.4. The van der Waals surface area contributed by atoms with Crippen molar-refractivity contribution in [3.8, 4) is 0 Å². The number of nitrogens with one attached hydrogen (secondary N) is 1. The molecule has 2 aromatic carbocycles. The molecule has 6 atom stereocenters. The van der Waals surface area contributed by atoms with Crippen LogP contribution in [0, 0.1) is 11.6 Å². The van der Waals surface area contributed by atoms with E-state index in [0.717, 1.165) is 34.9 Å². The largest absolute Gasteiger partial charge is 0.449 e. The molecule has 12 heteroatoms. The summed E-state index contributed by atoms with van der Waals surface area (Å²) in [6.07, 6.45) is -0.218. The summed E-state index contributed by atoms with van der Waals surface area (Å²) in [6.45, 7) is 5.34. The molecule has 1 fully saturated rings. The second-order valence-electron chi connectivity index (χ2n) is 10.5. The topological polar surface area (TPSA) is 70.3 Å². The predicted molar refractivity (Wildman–Crippen MR) is 160 cm³/mol. The van der Waals surface area contributed by atoms with Crippen molar-refractivity contribution in [2.24, 2.45) is 5.10 Å². The molecule has 3 heterocycles. The fraction of sp³-hybridized carbons (Fsp3) is 0.357. The zero-order valence-electron chi connectivity index (χ0n) is 22.3. The predicted octanol–water partition coefficient (Wildman–Crippen LogP) is 3.81. The van der Waals surface area contributed by atoms with Crippen molar-refractivity contribution in [3.63, 3.8) is 0 Å². The molecule has 6 unspecified atom stereocenters. The Morgan fingerprint density at radius 3 is 2.60 bits per heavy atom. The minimum atomic E-state index is -1.53. The Kier molecular flexibility index (Phi) is 8.34. The molecular formula is C28H31ClF2N4O3P2. The number of hydrazone groups is 1. The van der Waals surface area contributed by atoms with Crippen LogP contribution in [0.4, 0.5) is 14.5 Å². The lowest BCUT2D eigenvalue weighted by Crippen LogP contribution is -2.59. The van der Waals surface area contributed by atoms with Crippen molar-refractivity contribution in [2.45, 2.75) is 37.5 Å². The van der Waals surface area contributed by atoms with Crippen molar-refractivity contribution in [2.75, 3.05) is 31.7 Å². The van der Waals surface area contributed by atoms with Gasteiger partial charge in [-0.15, -0.1) is 18.5 Å². The number of furan rings is 1. The molecule has 2 aliphatic rings. The van der Waals surface area contributed by atoms with E-state index in [2.05, 4.69) is 28.7 Å². The normalized spacial score (nSPS) is 25.2. The number of carbonyl (C=O) groups excluding carboxylic acids is 1. The van der Waals surface area contributed by atoms with E-state index in [-0.39, 0.29) is 29.7 Å². The van der Waals surface area contributed by atoms with Crippen LogP contribution >= 0.6 is 30.1 Å². The number of likely N-dealkylation sites (N-methyl/N-ethyl adjacent to an activating group) is 1. The van der Waals surface area contributed by atoms with E-state index in [0.29, 0.717) is 18.0 Å². The summed E-state index contributed by atoms with van der Waals surface area (Å²) >= 11 is 6.19. The third kappa shape index (κ3) is 5.55. The average molecular weight is 607 g/mol. The molecule has 1 N–H and O–H groups in total. The highest BCUT2D eigenvalue weighted by molar-refractivity contribution is 7.29. The molecule has 7 nitrogen and oxygen atoms in total. The summed E-state index contributed by atoms with van der Waals surface area (Å²) < 4.78 is 41.1. The summed E-state index contributed by atoms with van der Waals surface area (Å²) in [6, 6.07) is 12.2. The number of carbonyl (C=O) groups is 1. The average Bonchev–Trinajstić information content (AvgIpc) is 3.43. The van der Waals surface area contributed by atoms with Gasteiger partial charge in [-0.2, -0.15) is 5.10 Å². The molecule has 0 radical (unpaired) electrons. The van der Waals surface area contributed by atoms with Crippen LogP contribution in [0.5, 0.6) is 0 Å². The summed E-state index contributed by atoms with van der Waals surface area (Å²) in [5, 5.41) is 11.1. The van der Waals surface area contributed by atoms with Gasteiger partial charge in [0, 0.05) is 31.3 Å². The van der Waals surface area contributed by atoms with E-state index in [9.17, 15) is 9.18 Å². The Morgan fingerprint density at radius 1 is 1.18 bits per heavy atom. The zero-order chi connectivity index (χ0) is 28.8. The molecule has 2 aliphatic heterocycles. The number of nitrogens with zero attached hydrogens (tertiary/aromatic N) is 3. The van der Waals surface area contributed by atoms with E-state index in [1.54, 1.807) is 19.1 Å².